The van der Waals surface area contributed by atoms with Crippen molar-refractivity contribution in [1.82, 2.24) is 9.71 Å². The minimum Gasteiger partial charge on any atom is -0.494 e. The summed E-state index contributed by atoms with van der Waals surface area (Å²) in [4.78, 5) is 15.6. The third-order valence-electron chi connectivity index (χ3n) is 5.11. The van der Waals surface area contributed by atoms with Crippen molar-refractivity contribution >= 4 is 42.8 Å². The molecule has 160 valence electrons. The first kappa shape index (κ1) is 22.4. The first-order valence-corrected chi connectivity index (χ1v) is 12.3. The van der Waals surface area contributed by atoms with Gasteiger partial charge in [-0.15, -0.1) is 0 Å². The van der Waals surface area contributed by atoms with Crippen molar-refractivity contribution < 1.29 is 17.9 Å². The lowest BCUT2D eigenvalue weighted by molar-refractivity contribution is 0.0976. The van der Waals surface area contributed by atoms with E-state index in [1.165, 1.54) is 16.7 Å². The topological polar surface area (TPSA) is 88.3 Å². The van der Waals surface area contributed by atoms with Crippen LogP contribution in [0, 0.1) is 20.8 Å². The van der Waals surface area contributed by atoms with Crippen LogP contribution in [-0.2, 0) is 16.4 Å². The maximum atomic E-state index is 12.5. The van der Waals surface area contributed by atoms with Gasteiger partial charge in [-0.05, 0) is 80.1 Å². The number of benzene rings is 2. The molecule has 2 aromatic carbocycles. The summed E-state index contributed by atoms with van der Waals surface area (Å²) >= 11 is 3.42. The van der Waals surface area contributed by atoms with E-state index in [1.807, 2.05) is 35.1 Å². The van der Waals surface area contributed by atoms with Gasteiger partial charge in [0.15, 0.2) is 0 Å². The second-order valence-electron chi connectivity index (χ2n) is 7.51. The van der Waals surface area contributed by atoms with Crippen molar-refractivity contribution in [2.75, 3.05) is 12.9 Å². The zero-order valence-electron chi connectivity index (χ0n) is 17.4. The van der Waals surface area contributed by atoms with Gasteiger partial charge in [0.2, 0.25) is 10.0 Å². The number of carbonyl (C=O) groups is 1. The Labute approximate surface area is 185 Å². The molecule has 30 heavy (non-hydrogen) atoms. The molecular weight excluding hydrogens is 468 g/mol. The number of H-pyrrole nitrogens is 1. The van der Waals surface area contributed by atoms with Crippen LogP contribution in [0.15, 0.2) is 34.8 Å². The maximum Gasteiger partial charge on any atom is 0.281 e. The number of aryl methyl sites for hydroxylation is 3. The van der Waals surface area contributed by atoms with E-state index in [0.717, 1.165) is 32.9 Å². The van der Waals surface area contributed by atoms with Gasteiger partial charge in [-0.2, -0.15) is 0 Å². The molecule has 3 aromatic rings. The minimum atomic E-state index is -3.66. The number of amides is 1. The van der Waals surface area contributed by atoms with Gasteiger partial charge in [0.1, 0.15) is 11.4 Å². The average molecular weight is 493 g/mol. The van der Waals surface area contributed by atoms with Crippen molar-refractivity contribution in [2.24, 2.45) is 0 Å². The number of nitrogens with one attached hydrogen (secondary N) is 2. The van der Waals surface area contributed by atoms with Gasteiger partial charge in [0, 0.05) is 15.4 Å². The normalized spacial score (nSPS) is 11.6. The monoisotopic (exact) mass is 492 g/mol. The molecule has 0 aliphatic carbocycles. The molecule has 1 amide bonds. The van der Waals surface area contributed by atoms with Gasteiger partial charge >= 0.3 is 0 Å². The number of ether oxygens (including phenoxy) is 1. The van der Waals surface area contributed by atoms with E-state index >= 15 is 0 Å². The van der Waals surface area contributed by atoms with E-state index < -0.39 is 15.9 Å². The molecule has 0 unspecified atom stereocenters. The Bertz CT molecular complexity index is 1190. The van der Waals surface area contributed by atoms with Crippen molar-refractivity contribution in [2.45, 2.75) is 33.6 Å². The van der Waals surface area contributed by atoms with Crippen molar-refractivity contribution in [1.29, 1.82) is 0 Å². The minimum absolute atomic E-state index is 0.260. The molecule has 0 saturated carbocycles. The van der Waals surface area contributed by atoms with E-state index in [2.05, 4.69) is 41.7 Å². The predicted octanol–water partition coefficient (Wildman–Crippen LogP) is 4.56. The molecule has 0 aliphatic rings. The van der Waals surface area contributed by atoms with Crippen LogP contribution >= 0.6 is 15.9 Å². The number of fused-ring (bicyclic) bond motifs is 1. The van der Waals surface area contributed by atoms with Crippen LogP contribution in [0.3, 0.4) is 0 Å². The average Bonchev–Trinajstić information content (AvgIpc) is 2.99. The first-order valence-electron chi connectivity index (χ1n) is 9.58. The fourth-order valence-electron chi connectivity index (χ4n) is 3.42. The molecule has 6 nitrogen and oxygen atoms in total. The third-order valence-corrected chi connectivity index (χ3v) is 6.16. The molecule has 8 heteroatoms. The lowest BCUT2D eigenvalue weighted by Gasteiger charge is -2.11. The second-order valence-corrected chi connectivity index (χ2v) is 10.2. The summed E-state index contributed by atoms with van der Waals surface area (Å²) in [6.07, 6.45) is 2.20. The molecule has 0 saturated heterocycles. The van der Waals surface area contributed by atoms with Gasteiger partial charge in [-0.25, -0.2) is 13.1 Å². The van der Waals surface area contributed by atoms with Gasteiger partial charge < -0.3 is 9.72 Å². The summed E-state index contributed by atoms with van der Waals surface area (Å²) in [7, 11) is -3.66. The molecule has 0 radical (unpaired) electrons. The number of aromatic amines is 1. The Morgan fingerprint density at radius 3 is 2.43 bits per heavy atom. The molecule has 0 bridgehead atoms. The van der Waals surface area contributed by atoms with E-state index in [-0.39, 0.29) is 5.69 Å². The van der Waals surface area contributed by atoms with Crippen LogP contribution in [0.2, 0.25) is 0 Å². The Hall–Kier alpha value is -2.32. The highest BCUT2D eigenvalue weighted by atomic mass is 79.9. The molecule has 0 spiro atoms. The number of halogens is 1. The van der Waals surface area contributed by atoms with Crippen LogP contribution < -0.4 is 9.46 Å². The highest BCUT2D eigenvalue weighted by molar-refractivity contribution is 9.10. The smallest absolute Gasteiger partial charge is 0.281 e. The quantitative estimate of drug-likeness (QED) is 0.473. The summed E-state index contributed by atoms with van der Waals surface area (Å²) in [5.41, 5.74) is 5.44. The standard InChI is InChI=1S/C22H25BrN2O4S/c1-13-10-17(11-14(2)15(13)3)29-9-5-6-19-18-8-7-16(23)12-20(18)24-21(19)22(26)25-30(4,27)28/h7-8,10-12,24H,5-6,9H2,1-4H3,(H,25,26). The largest absolute Gasteiger partial charge is 0.494 e. The SMILES string of the molecule is Cc1cc(OCCCc2c(C(=O)NS(C)(=O)=O)[nH]c3cc(Br)ccc23)cc(C)c1C. The zero-order valence-corrected chi connectivity index (χ0v) is 19.8. The molecular formula is C22H25BrN2O4S. The van der Waals surface area contributed by atoms with Crippen LogP contribution in [0.5, 0.6) is 5.75 Å². The highest BCUT2D eigenvalue weighted by Gasteiger charge is 2.20. The van der Waals surface area contributed by atoms with Gasteiger partial charge in [-0.1, -0.05) is 22.0 Å². The second kappa shape index (κ2) is 8.81. The zero-order chi connectivity index (χ0) is 22.1. The van der Waals surface area contributed by atoms with Crippen LogP contribution in [-0.4, -0.2) is 32.2 Å². The molecule has 1 heterocycles. The van der Waals surface area contributed by atoms with E-state index in [0.29, 0.717) is 19.4 Å². The van der Waals surface area contributed by atoms with E-state index in [1.54, 1.807) is 0 Å². The number of rotatable bonds is 7. The third kappa shape index (κ3) is 5.23. The molecule has 0 atom stereocenters. The number of aromatic nitrogens is 1. The van der Waals surface area contributed by atoms with Crippen molar-refractivity contribution in [3.05, 3.63) is 62.8 Å². The lowest BCUT2D eigenvalue weighted by atomic mass is 10.0. The Morgan fingerprint density at radius 2 is 1.80 bits per heavy atom. The number of hydrogen-bond donors (Lipinski definition) is 2. The van der Waals surface area contributed by atoms with Gasteiger partial charge in [0.05, 0.1) is 12.9 Å². The Balaban J connectivity index is 1.79. The summed E-state index contributed by atoms with van der Waals surface area (Å²) in [5, 5.41) is 0.888. The van der Waals surface area contributed by atoms with Gasteiger partial charge in [-0.3, -0.25) is 4.79 Å². The summed E-state index contributed by atoms with van der Waals surface area (Å²) < 4.78 is 31.9. The predicted molar refractivity (Wildman–Crippen MR) is 123 cm³/mol. The Kier molecular flexibility index (Phi) is 6.57. The highest BCUT2D eigenvalue weighted by Crippen LogP contribution is 2.27. The first-order chi connectivity index (χ1) is 14.0. The van der Waals surface area contributed by atoms with E-state index in [9.17, 15) is 13.2 Å². The van der Waals surface area contributed by atoms with Gasteiger partial charge in [0.25, 0.3) is 5.91 Å². The van der Waals surface area contributed by atoms with Crippen LogP contribution in [0.25, 0.3) is 10.9 Å². The van der Waals surface area contributed by atoms with E-state index in [4.69, 9.17) is 4.74 Å². The molecule has 0 aliphatic heterocycles. The molecule has 0 fully saturated rings. The summed E-state index contributed by atoms with van der Waals surface area (Å²) in [5.74, 6) is 0.166. The number of sulfonamides is 1. The molecule has 3 rings (SSSR count). The summed E-state index contributed by atoms with van der Waals surface area (Å²) in [6.45, 7) is 6.70. The lowest BCUT2D eigenvalue weighted by Crippen LogP contribution is -2.30. The summed E-state index contributed by atoms with van der Waals surface area (Å²) in [6, 6.07) is 9.72. The molecule has 2 N–H and O–H groups in total. The van der Waals surface area contributed by atoms with Crippen LogP contribution in [0.4, 0.5) is 0 Å². The van der Waals surface area contributed by atoms with Crippen molar-refractivity contribution in [3.8, 4) is 5.75 Å². The fraction of sp³-hybridized carbons (Fsp3) is 0.318. The number of hydrogen-bond acceptors (Lipinski definition) is 4. The van der Waals surface area contributed by atoms with Crippen LogP contribution in [0.1, 0.15) is 39.2 Å². The Morgan fingerprint density at radius 1 is 1.13 bits per heavy atom. The molecule has 1 aromatic heterocycles. The fourth-order valence-corrected chi connectivity index (χ4v) is 4.22. The van der Waals surface area contributed by atoms with Crippen molar-refractivity contribution in [3.63, 3.8) is 0 Å². The maximum absolute atomic E-state index is 12.5. The number of carbonyl (C=O) groups excluding carboxylic acids is 1.